The number of thiophene rings is 1. The van der Waals surface area contributed by atoms with E-state index in [1.54, 1.807) is 17.0 Å². The number of fused-ring (bicyclic) bond motifs is 1. The van der Waals surface area contributed by atoms with E-state index in [2.05, 4.69) is 0 Å². The Morgan fingerprint density at radius 2 is 2.00 bits per heavy atom. The molecule has 0 saturated carbocycles. The fourth-order valence-corrected chi connectivity index (χ4v) is 3.25. The third-order valence-electron chi connectivity index (χ3n) is 3.36. The van der Waals surface area contributed by atoms with Gasteiger partial charge in [0.2, 0.25) is 0 Å². The highest BCUT2D eigenvalue weighted by Gasteiger charge is 2.25. The topological polar surface area (TPSA) is 57.6 Å². The predicted molar refractivity (Wildman–Crippen MR) is 82.8 cm³/mol. The number of carboxylic acid groups (broad SMARTS) is 1. The summed E-state index contributed by atoms with van der Waals surface area (Å²) in [6.45, 7) is 0.691. The Balaban J connectivity index is 1.82. The lowest BCUT2D eigenvalue weighted by Gasteiger charge is -2.16. The normalized spacial score (nSPS) is 13.6. The largest absolute Gasteiger partial charge is 0.478 e. The van der Waals surface area contributed by atoms with Gasteiger partial charge in [-0.3, -0.25) is 4.79 Å². The molecule has 0 atom stereocenters. The van der Waals surface area contributed by atoms with Crippen LogP contribution in [0.5, 0.6) is 0 Å². The molecule has 1 aliphatic heterocycles. The molecular formula is C16H13NO3S. The minimum absolute atomic E-state index is 0.0278. The smallest absolute Gasteiger partial charge is 0.328 e. The lowest BCUT2D eigenvalue weighted by Crippen LogP contribution is -2.28. The van der Waals surface area contributed by atoms with Gasteiger partial charge >= 0.3 is 5.97 Å². The van der Waals surface area contributed by atoms with Crippen LogP contribution in [-0.2, 0) is 11.2 Å². The SMILES string of the molecule is O=C(O)C=Cc1ccc(C(=O)N2CCc3ccccc32)s1. The minimum atomic E-state index is -0.996. The Hall–Kier alpha value is -2.40. The first-order chi connectivity index (χ1) is 10.1. The molecule has 1 aromatic heterocycles. The Morgan fingerprint density at radius 1 is 1.19 bits per heavy atom. The molecule has 21 heavy (non-hydrogen) atoms. The van der Waals surface area contributed by atoms with Crippen LogP contribution in [0.25, 0.3) is 6.08 Å². The van der Waals surface area contributed by atoms with E-state index in [1.165, 1.54) is 23.0 Å². The van der Waals surface area contributed by atoms with E-state index in [4.69, 9.17) is 5.11 Å². The molecule has 1 aliphatic rings. The van der Waals surface area contributed by atoms with Crippen LogP contribution in [0.1, 0.15) is 20.1 Å². The second kappa shape index (κ2) is 5.54. The summed E-state index contributed by atoms with van der Waals surface area (Å²) in [6, 6.07) is 11.4. The third kappa shape index (κ3) is 2.73. The number of carboxylic acids is 1. The second-order valence-corrected chi connectivity index (χ2v) is 5.82. The Morgan fingerprint density at radius 3 is 2.81 bits per heavy atom. The van der Waals surface area contributed by atoms with Crippen molar-refractivity contribution < 1.29 is 14.7 Å². The van der Waals surface area contributed by atoms with Crippen LogP contribution in [0.3, 0.4) is 0 Å². The van der Waals surface area contributed by atoms with Gasteiger partial charge in [-0.1, -0.05) is 18.2 Å². The number of hydrogen-bond donors (Lipinski definition) is 1. The number of hydrogen-bond acceptors (Lipinski definition) is 3. The van der Waals surface area contributed by atoms with Crippen molar-refractivity contribution in [3.05, 3.63) is 57.8 Å². The van der Waals surface area contributed by atoms with Crippen LogP contribution in [0.4, 0.5) is 5.69 Å². The summed E-state index contributed by atoms with van der Waals surface area (Å²) in [6.07, 6.45) is 3.45. The maximum atomic E-state index is 12.6. The molecule has 2 heterocycles. The number of benzene rings is 1. The summed E-state index contributed by atoms with van der Waals surface area (Å²) >= 11 is 1.30. The van der Waals surface area contributed by atoms with Crippen molar-refractivity contribution in [1.29, 1.82) is 0 Å². The highest BCUT2D eigenvalue weighted by atomic mass is 32.1. The molecule has 3 rings (SSSR count). The van der Waals surface area contributed by atoms with Crippen LogP contribution in [0.15, 0.2) is 42.5 Å². The summed E-state index contributed by atoms with van der Waals surface area (Å²) in [5.41, 5.74) is 2.16. The number of amides is 1. The summed E-state index contributed by atoms with van der Waals surface area (Å²) in [5.74, 6) is -1.02. The van der Waals surface area contributed by atoms with Gasteiger partial charge in [-0.15, -0.1) is 11.3 Å². The van der Waals surface area contributed by atoms with E-state index in [-0.39, 0.29) is 5.91 Å². The number of carbonyl (C=O) groups excluding carboxylic acids is 1. The van der Waals surface area contributed by atoms with Crippen molar-refractivity contribution in [3.63, 3.8) is 0 Å². The predicted octanol–water partition coefficient (Wildman–Crippen LogP) is 3.05. The molecule has 0 saturated heterocycles. The van der Waals surface area contributed by atoms with Crippen LogP contribution < -0.4 is 4.90 Å². The van der Waals surface area contributed by atoms with E-state index in [0.717, 1.165) is 23.1 Å². The molecule has 0 spiro atoms. The molecule has 4 nitrogen and oxygen atoms in total. The van der Waals surface area contributed by atoms with Gasteiger partial charge in [-0.25, -0.2) is 4.79 Å². The van der Waals surface area contributed by atoms with Gasteiger partial charge in [0.15, 0.2) is 0 Å². The van der Waals surface area contributed by atoms with Gasteiger partial charge in [0.1, 0.15) is 0 Å². The third-order valence-corrected chi connectivity index (χ3v) is 4.40. The lowest BCUT2D eigenvalue weighted by atomic mass is 10.2. The zero-order chi connectivity index (χ0) is 14.8. The Labute approximate surface area is 126 Å². The van der Waals surface area contributed by atoms with E-state index >= 15 is 0 Å². The molecule has 2 aromatic rings. The maximum absolute atomic E-state index is 12.6. The highest BCUT2D eigenvalue weighted by molar-refractivity contribution is 7.15. The Kier molecular flexibility index (Phi) is 3.58. The van der Waals surface area contributed by atoms with Gasteiger partial charge < -0.3 is 10.0 Å². The second-order valence-electron chi connectivity index (χ2n) is 4.71. The summed E-state index contributed by atoms with van der Waals surface area (Å²) < 4.78 is 0. The van der Waals surface area contributed by atoms with Crippen LogP contribution in [0.2, 0.25) is 0 Å². The van der Waals surface area contributed by atoms with Gasteiger partial charge in [0.05, 0.1) is 4.88 Å². The van der Waals surface area contributed by atoms with Gasteiger partial charge in [-0.2, -0.15) is 0 Å². The van der Waals surface area contributed by atoms with E-state index in [1.807, 2.05) is 24.3 Å². The zero-order valence-corrected chi connectivity index (χ0v) is 12.0. The standard InChI is InChI=1S/C16H13NO3S/c18-15(19)8-6-12-5-7-14(21-12)16(20)17-10-9-11-3-1-2-4-13(11)17/h1-8H,9-10H2,(H,18,19). The summed E-state index contributed by atoms with van der Waals surface area (Å²) in [7, 11) is 0. The molecule has 0 aliphatic carbocycles. The molecule has 1 aromatic carbocycles. The monoisotopic (exact) mass is 299 g/mol. The minimum Gasteiger partial charge on any atom is -0.478 e. The number of anilines is 1. The number of rotatable bonds is 3. The number of aliphatic carboxylic acids is 1. The average molecular weight is 299 g/mol. The molecule has 0 unspecified atom stereocenters. The van der Waals surface area contributed by atoms with Crippen LogP contribution in [0, 0.1) is 0 Å². The van der Waals surface area contributed by atoms with Gasteiger partial charge in [-0.05, 0) is 36.3 Å². The van der Waals surface area contributed by atoms with Crippen molar-refractivity contribution >= 4 is 35.0 Å². The van der Waals surface area contributed by atoms with Gasteiger partial charge in [0, 0.05) is 23.2 Å². The summed E-state index contributed by atoms with van der Waals surface area (Å²) in [4.78, 5) is 26.2. The number of carbonyl (C=O) groups is 2. The highest BCUT2D eigenvalue weighted by Crippen LogP contribution is 2.30. The van der Waals surface area contributed by atoms with Crippen LogP contribution in [-0.4, -0.2) is 23.5 Å². The molecular weight excluding hydrogens is 286 g/mol. The zero-order valence-electron chi connectivity index (χ0n) is 11.2. The van der Waals surface area contributed by atoms with Crippen molar-refractivity contribution in [2.24, 2.45) is 0 Å². The van der Waals surface area contributed by atoms with Crippen LogP contribution >= 0.6 is 11.3 Å². The van der Waals surface area contributed by atoms with Gasteiger partial charge in [0.25, 0.3) is 5.91 Å². The molecule has 0 bridgehead atoms. The molecule has 1 amide bonds. The number of nitrogens with zero attached hydrogens (tertiary/aromatic N) is 1. The first-order valence-electron chi connectivity index (χ1n) is 6.56. The first kappa shape index (κ1) is 13.6. The lowest BCUT2D eigenvalue weighted by molar-refractivity contribution is -0.131. The average Bonchev–Trinajstić information content (AvgIpc) is 3.11. The molecule has 5 heteroatoms. The first-order valence-corrected chi connectivity index (χ1v) is 7.37. The van der Waals surface area contributed by atoms with Crippen molar-refractivity contribution in [3.8, 4) is 0 Å². The van der Waals surface area contributed by atoms with Crippen molar-refractivity contribution in [2.45, 2.75) is 6.42 Å². The molecule has 1 N–H and O–H groups in total. The van der Waals surface area contributed by atoms with E-state index in [0.29, 0.717) is 11.4 Å². The number of para-hydroxylation sites is 1. The molecule has 106 valence electrons. The fraction of sp³-hybridized carbons (Fsp3) is 0.125. The van der Waals surface area contributed by atoms with Crippen molar-refractivity contribution in [1.82, 2.24) is 0 Å². The molecule has 0 radical (unpaired) electrons. The van der Waals surface area contributed by atoms with E-state index < -0.39 is 5.97 Å². The Bertz CT molecular complexity index is 733. The quantitative estimate of drug-likeness (QED) is 0.886. The summed E-state index contributed by atoms with van der Waals surface area (Å²) in [5, 5.41) is 8.62. The molecule has 0 fully saturated rings. The van der Waals surface area contributed by atoms with Crippen molar-refractivity contribution in [2.75, 3.05) is 11.4 Å². The maximum Gasteiger partial charge on any atom is 0.328 e. The van der Waals surface area contributed by atoms with E-state index in [9.17, 15) is 9.59 Å². The fourth-order valence-electron chi connectivity index (χ4n) is 2.39.